The molecular formula is C33H40ClFN2O3. The largest absolute Gasteiger partial charge is 0.481 e. The van der Waals surface area contributed by atoms with Gasteiger partial charge in [-0.1, -0.05) is 70.2 Å². The summed E-state index contributed by atoms with van der Waals surface area (Å²) in [4.78, 5) is 32.6. The fourth-order valence-electron chi connectivity index (χ4n) is 6.26. The zero-order chi connectivity index (χ0) is 29.1. The number of carbonyl (C=O) groups is 2. The molecule has 1 fully saturated rings. The molecule has 1 aromatic rings. The summed E-state index contributed by atoms with van der Waals surface area (Å²) in [6.07, 6.45) is 8.94. The minimum absolute atomic E-state index is 0.0758. The molecule has 3 aliphatic rings. The molecule has 1 aliphatic heterocycles. The summed E-state index contributed by atoms with van der Waals surface area (Å²) >= 11 is 6.39. The highest BCUT2D eigenvalue weighted by Crippen LogP contribution is 2.50. The third-order valence-electron chi connectivity index (χ3n) is 8.51. The van der Waals surface area contributed by atoms with Gasteiger partial charge in [0.2, 0.25) is 0 Å². The molecule has 1 spiro atoms. The van der Waals surface area contributed by atoms with E-state index in [4.69, 9.17) is 21.7 Å². The van der Waals surface area contributed by atoms with Crippen LogP contribution in [0.5, 0.6) is 0 Å². The summed E-state index contributed by atoms with van der Waals surface area (Å²) in [6, 6.07) is 7.77. The van der Waals surface area contributed by atoms with E-state index in [2.05, 4.69) is 39.5 Å². The van der Waals surface area contributed by atoms with Crippen LogP contribution in [0.25, 0.3) is 0 Å². The van der Waals surface area contributed by atoms with Crippen LogP contribution in [0.4, 0.5) is 4.39 Å². The van der Waals surface area contributed by atoms with E-state index in [1.165, 1.54) is 0 Å². The molecule has 0 bridgehead atoms. The van der Waals surface area contributed by atoms with Crippen LogP contribution in [-0.2, 0) is 16.0 Å². The van der Waals surface area contributed by atoms with Crippen LogP contribution < -0.4 is 0 Å². The molecule has 0 radical (unpaired) electrons. The highest BCUT2D eigenvalue weighted by molar-refractivity contribution is 6.47. The van der Waals surface area contributed by atoms with Crippen molar-refractivity contribution in [2.45, 2.75) is 96.1 Å². The van der Waals surface area contributed by atoms with Crippen molar-refractivity contribution in [1.82, 2.24) is 4.90 Å². The molecule has 1 amide bonds. The lowest BCUT2D eigenvalue weighted by Gasteiger charge is -2.47. The predicted molar refractivity (Wildman–Crippen MR) is 158 cm³/mol. The van der Waals surface area contributed by atoms with Crippen molar-refractivity contribution in [3.63, 3.8) is 0 Å². The van der Waals surface area contributed by atoms with Crippen LogP contribution in [0.15, 0.2) is 52.6 Å². The standard InChI is InChI=1S/C33H40ClFN2O3/c1-5-6-28(24-11-7-22(8-12-24)10-14-29(38)39)37-31(40)30(25-19-23(21-35)9-13-27(34)20-25)36-33(37)17-15-26(16-18-33)32(2,3)4/h7-8,11-12,19-20,26-28H,5-6,10,14-18,21H2,1-4H3,(H,38,39). The van der Waals surface area contributed by atoms with Gasteiger partial charge in [-0.15, -0.1) is 11.6 Å². The van der Waals surface area contributed by atoms with Gasteiger partial charge in [0, 0.05) is 17.6 Å². The van der Waals surface area contributed by atoms with Gasteiger partial charge in [0.15, 0.2) is 0 Å². The highest BCUT2D eigenvalue weighted by Gasteiger charge is 2.52. The van der Waals surface area contributed by atoms with Gasteiger partial charge in [0.05, 0.1) is 6.04 Å². The number of benzene rings is 1. The van der Waals surface area contributed by atoms with Gasteiger partial charge in [0.25, 0.3) is 5.91 Å². The molecule has 0 saturated heterocycles. The van der Waals surface area contributed by atoms with Gasteiger partial charge >= 0.3 is 5.97 Å². The quantitative estimate of drug-likeness (QED) is 0.254. The van der Waals surface area contributed by atoms with Crippen LogP contribution in [0.1, 0.15) is 89.8 Å². The molecule has 1 aromatic carbocycles. The third-order valence-corrected chi connectivity index (χ3v) is 8.75. The summed E-state index contributed by atoms with van der Waals surface area (Å²) in [5.41, 5.74) is 2.58. The lowest BCUT2D eigenvalue weighted by Crippen LogP contribution is -2.51. The van der Waals surface area contributed by atoms with Crippen molar-refractivity contribution in [1.29, 1.82) is 0 Å². The maximum absolute atomic E-state index is 14.4. The second-order valence-electron chi connectivity index (χ2n) is 12.3. The Labute approximate surface area is 242 Å². The molecule has 1 saturated carbocycles. The van der Waals surface area contributed by atoms with Crippen molar-refractivity contribution in [3.8, 4) is 11.8 Å². The van der Waals surface area contributed by atoms with Gasteiger partial charge in [-0.25, -0.2) is 4.39 Å². The number of hydrogen-bond donors (Lipinski definition) is 1. The number of carbonyl (C=O) groups excluding carboxylic acids is 1. The molecule has 2 unspecified atom stereocenters. The molecule has 7 heteroatoms. The number of alkyl halides is 2. The maximum Gasteiger partial charge on any atom is 0.303 e. The molecule has 5 nitrogen and oxygen atoms in total. The Morgan fingerprint density at radius 2 is 1.93 bits per heavy atom. The first kappa shape index (κ1) is 30.1. The lowest BCUT2D eigenvalue weighted by molar-refractivity contribution is -0.137. The number of amides is 1. The molecular weight excluding hydrogens is 527 g/mol. The van der Waals surface area contributed by atoms with Crippen LogP contribution in [0.2, 0.25) is 0 Å². The van der Waals surface area contributed by atoms with Crippen LogP contribution >= 0.6 is 11.6 Å². The van der Waals surface area contributed by atoms with E-state index in [1.807, 2.05) is 29.2 Å². The number of rotatable bonds is 9. The summed E-state index contributed by atoms with van der Waals surface area (Å²) in [5.74, 6) is 5.15. The second-order valence-corrected chi connectivity index (χ2v) is 12.8. The average Bonchev–Trinajstić information content (AvgIpc) is 3.05. The zero-order valence-corrected chi connectivity index (χ0v) is 24.7. The Bertz CT molecular complexity index is 1270. The first-order chi connectivity index (χ1) is 19.0. The molecule has 4 rings (SSSR count). The van der Waals surface area contributed by atoms with Gasteiger partial charge in [-0.2, -0.15) is 0 Å². The number of aliphatic imine (C=N–C) groups is 1. The van der Waals surface area contributed by atoms with Crippen LogP contribution in [-0.4, -0.2) is 45.3 Å². The molecule has 0 aromatic heterocycles. The van der Waals surface area contributed by atoms with Crippen molar-refractivity contribution in [2.75, 3.05) is 6.67 Å². The lowest BCUT2D eigenvalue weighted by atomic mass is 9.69. The Balaban J connectivity index is 1.75. The third kappa shape index (κ3) is 6.52. The summed E-state index contributed by atoms with van der Waals surface area (Å²) < 4.78 is 13.7. The Morgan fingerprint density at radius 1 is 1.25 bits per heavy atom. The Hall–Kier alpha value is -2.91. The number of carboxylic acids is 1. The topological polar surface area (TPSA) is 70.0 Å². The summed E-state index contributed by atoms with van der Waals surface area (Å²) in [7, 11) is 0. The minimum atomic E-state index is -0.824. The first-order valence-electron chi connectivity index (χ1n) is 14.4. The van der Waals surface area contributed by atoms with E-state index in [-0.39, 0.29) is 29.4 Å². The SMILES string of the molecule is CCCC(c1ccc(CCC(=O)O)cc1)N1C(=O)C(C2=CC(Cl)C#CC(CF)=C2)=NC12CCC(C(C)(C)C)CC2. The number of allylic oxidation sites excluding steroid dienone is 3. The van der Waals surface area contributed by atoms with E-state index in [0.717, 1.165) is 49.7 Å². The highest BCUT2D eigenvalue weighted by atomic mass is 35.5. The second kappa shape index (κ2) is 12.3. The number of carboxylic acid groups (broad SMARTS) is 1. The Morgan fingerprint density at radius 3 is 2.50 bits per heavy atom. The van der Waals surface area contributed by atoms with E-state index in [1.54, 1.807) is 12.2 Å². The van der Waals surface area contributed by atoms with Crippen LogP contribution in [0, 0.1) is 23.2 Å². The number of aliphatic carboxylic acids is 1. The maximum atomic E-state index is 14.4. The predicted octanol–water partition coefficient (Wildman–Crippen LogP) is 7.21. The first-order valence-corrected chi connectivity index (χ1v) is 14.8. The van der Waals surface area contributed by atoms with E-state index in [9.17, 15) is 14.0 Å². The summed E-state index contributed by atoms with van der Waals surface area (Å²) in [5, 5.41) is 8.42. The fourth-order valence-corrected chi connectivity index (χ4v) is 6.45. The van der Waals surface area contributed by atoms with Crippen molar-refractivity contribution < 1.29 is 19.1 Å². The van der Waals surface area contributed by atoms with Crippen molar-refractivity contribution in [3.05, 3.63) is 58.7 Å². The molecule has 2 aliphatic carbocycles. The van der Waals surface area contributed by atoms with Gasteiger partial charge in [0.1, 0.15) is 23.4 Å². The van der Waals surface area contributed by atoms with Crippen LogP contribution in [0.3, 0.4) is 0 Å². The minimum Gasteiger partial charge on any atom is -0.481 e. The van der Waals surface area contributed by atoms with Crippen molar-refractivity contribution in [2.24, 2.45) is 16.3 Å². The van der Waals surface area contributed by atoms with Crippen molar-refractivity contribution >= 4 is 29.2 Å². The molecule has 1 N–H and O–H groups in total. The van der Waals surface area contributed by atoms with Gasteiger partial charge in [-0.05, 0) is 73.1 Å². The number of hydrogen-bond acceptors (Lipinski definition) is 3. The smallest absolute Gasteiger partial charge is 0.303 e. The van der Waals surface area contributed by atoms with E-state index < -0.39 is 23.7 Å². The summed E-state index contributed by atoms with van der Waals surface area (Å²) in [6.45, 7) is 8.19. The van der Waals surface area contributed by atoms with Gasteiger partial charge < -0.3 is 10.0 Å². The van der Waals surface area contributed by atoms with Gasteiger partial charge in [-0.3, -0.25) is 14.6 Å². The molecule has 2 atom stereocenters. The van der Waals surface area contributed by atoms with E-state index in [0.29, 0.717) is 23.6 Å². The Kier molecular flexibility index (Phi) is 9.25. The number of halogens is 2. The molecule has 214 valence electrons. The normalized spacial score (nSPS) is 25.5. The number of nitrogens with zero attached hydrogens (tertiary/aromatic N) is 2. The fraction of sp³-hybridized carbons (Fsp3) is 0.545. The monoisotopic (exact) mass is 566 g/mol. The zero-order valence-electron chi connectivity index (χ0n) is 24.0. The molecule has 40 heavy (non-hydrogen) atoms. The average molecular weight is 567 g/mol. The molecule has 1 heterocycles. The van der Waals surface area contributed by atoms with E-state index >= 15 is 0 Å². The number of aryl methyl sites for hydroxylation is 1.